The average Bonchev–Trinajstić information content (AvgIpc) is 3.06. The predicted octanol–water partition coefficient (Wildman–Crippen LogP) is 1.09. The number of ether oxygens (including phenoxy) is 3. The second-order valence-corrected chi connectivity index (χ2v) is 5.23. The van der Waals surface area contributed by atoms with E-state index in [1.165, 1.54) is 0 Å². The molecule has 6 nitrogen and oxygen atoms in total. The third-order valence-electron chi connectivity index (χ3n) is 3.62. The number of carbonyl (C=O) groups is 1. The van der Waals surface area contributed by atoms with Crippen molar-refractivity contribution in [1.82, 2.24) is 10.6 Å². The summed E-state index contributed by atoms with van der Waals surface area (Å²) >= 11 is 0. The fourth-order valence-electron chi connectivity index (χ4n) is 2.41. The molecule has 1 aromatic rings. The van der Waals surface area contributed by atoms with Crippen LogP contribution in [-0.2, 0) is 16.1 Å². The molecular weight excluding hydrogens is 284 g/mol. The summed E-state index contributed by atoms with van der Waals surface area (Å²) in [7, 11) is 3.19. The van der Waals surface area contributed by atoms with Crippen molar-refractivity contribution in [3.05, 3.63) is 23.8 Å². The van der Waals surface area contributed by atoms with E-state index in [-0.39, 0.29) is 12.0 Å². The lowest BCUT2D eigenvalue weighted by atomic mass is 10.2. The van der Waals surface area contributed by atoms with Crippen molar-refractivity contribution < 1.29 is 19.0 Å². The molecule has 1 saturated heterocycles. The molecule has 1 heterocycles. The van der Waals surface area contributed by atoms with E-state index in [1.807, 2.05) is 18.2 Å². The maximum Gasteiger partial charge on any atom is 0.234 e. The minimum Gasteiger partial charge on any atom is -0.493 e. The molecule has 0 bridgehead atoms. The molecule has 1 unspecified atom stereocenters. The molecule has 0 saturated carbocycles. The lowest BCUT2D eigenvalue weighted by molar-refractivity contribution is -0.120. The van der Waals surface area contributed by atoms with Crippen molar-refractivity contribution in [3.63, 3.8) is 0 Å². The van der Waals surface area contributed by atoms with Crippen molar-refractivity contribution in [2.75, 3.05) is 33.9 Å². The minimum absolute atomic E-state index is 0.0345. The number of nitrogens with one attached hydrogen (secondary N) is 2. The largest absolute Gasteiger partial charge is 0.493 e. The Labute approximate surface area is 131 Å². The molecule has 1 amide bonds. The van der Waals surface area contributed by atoms with Crippen molar-refractivity contribution in [2.24, 2.45) is 0 Å². The van der Waals surface area contributed by atoms with Gasteiger partial charge in [0.25, 0.3) is 0 Å². The summed E-state index contributed by atoms with van der Waals surface area (Å²) < 4.78 is 15.9. The van der Waals surface area contributed by atoms with E-state index in [4.69, 9.17) is 14.2 Å². The van der Waals surface area contributed by atoms with E-state index >= 15 is 0 Å². The Balaban J connectivity index is 1.71. The van der Waals surface area contributed by atoms with Gasteiger partial charge in [0.15, 0.2) is 11.5 Å². The first-order chi connectivity index (χ1) is 10.7. The van der Waals surface area contributed by atoms with Gasteiger partial charge >= 0.3 is 0 Å². The average molecular weight is 308 g/mol. The lowest BCUT2D eigenvalue weighted by Crippen LogP contribution is -2.36. The fourth-order valence-corrected chi connectivity index (χ4v) is 2.41. The van der Waals surface area contributed by atoms with Gasteiger partial charge < -0.3 is 24.8 Å². The quantitative estimate of drug-likeness (QED) is 0.752. The molecule has 22 heavy (non-hydrogen) atoms. The highest BCUT2D eigenvalue weighted by Crippen LogP contribution is 2.27. The third kappa shape index (κ3) is 4.89. The summed E-state index contributed by atoms with van der Waals surface area (Å²) in [6.45, 7) is 2.32. The molecule has 2 N–H and O–H groups in total. The molecular formula is C16H24N2O4. The highest BCUT2D eigenvalue weighted by atomic mass is 16.5. The zero-order chi connectivity index (χ0) is 15.8. The van der Waals surface area contributed by atoms with Gasteiger partial charge in [-0.2, -0.15) is 0 Å². The van der Waals surface area contributed by atoms with Crippen molar-refractivity contribution >= 4 is 5.91 Å². The zero-order valence-corrected chi connectivity index (χ0v) is 13.2. The van der Waals surface area contributed by atoms with Crippen LogP contribution in [0.4, 0.5) is 0 Å². The summed E-state index contributed by atoms with van der Waals surface area (Å²) in [5.41, 5.74) is 0.963. The van der Waals surface area contributed by atoms with Crippen LogP contribution in [0.2, 0.25) is 0 Å². The number of hydrogen-bond acceptors (Lipinski definition) is 5. The van der Waals surface area contributed by atoms with Crippen LogP contribution in [0.3, 0.4) is 0 Å². The van der Waals surface area contributed by atoms with Crippen LogP contribution in [0.25, 0.3) is 0 Å². The molecule has 1 aliphatic heterocycles. The monoisotopic (exact) mass is 308 g/mol. The molecule has 1 atom stereocenters. The number of benzene rings is 1. The van der Waals surface area contributed by atoms with Crippen LogP contribution >= 0.6 is 0 Å². The Kier molecular flexibility index (Phi) is 6.48. The number of methoxy groups -OCH3 is 2. The summed E-state index contributed by atoms with van der Waals surface area (Å²) in [5, 5.41) is 6.00. The van der Waals surface area contributed by atoms with Gasteiger partial charge in [0.1, 0.15) is 0 Å². The van der Waals surface area contributed by atoms with E-state index in [0.717, 1.165) is 31.6 Å². The first-order valence-electron chi connectivity index (χ1n) is 7.53. The molecule has 0 aromatic heterocycles. The number of amides is 1. The van der Waals surface area contributed by atoms with Gasteiger partial charge in [0.05, 0.1) is 26.9 Å². The molecule has 0 spiro atoms. The Morgan fingerprint density at radius 3 is 2.82 bits per heavy atom. The zero-order valence-electron chi connectivity index (χ0n) is 13.2. The van der Waals surface area contributed by atoms with Crippen LogP contribution in [-0.4, -0.2) is 45.9 Å². The number of carbonyl (C=O) groups excluding carboxylic acids is 1. The number of hydrogen-bond donors (Lipinski definition) is 2. The molecule has 0 aliphatic carbocycles. The highest BCUT2D eigenvalue weighted by Gasteiger charge is 2.15. The Hall–Kier alpha value is -1.79. The molecule has 6 heteroatoms. The maximum atomic E-state index is 11.8. The van der Waals surface area contributed by atoms with Crippen LogP contribution < -0.4 is 20.1 Å². The number of rotatable bonds is 8. The van der Waals surface area contributed by atoms with Gasteiger partial charge in [-0.05, 0) is 30.5 Å². The molecule has 1 fully saturated rings. The predicted molar refractivity (Wildman–Crippen MR) is 83.2 cm³/mol. The fraction of sp³-hybridized carbons (Fsp3) is 0.562. The molecule has 122 valence electrons. The van der Waals surface area contributed by atoms with Crippen molar-refractivity contribution in [1.29, 1.82) is 0 Å². The van der Waals surface area contributed by atoms with Gasteiger partial charge in [-0.3, -0.25) is 4.79 Å². The first-order valence-corrected chi connectivity index (χ1v) is 7.53. The van der Waals surface area contributed by atoms with Gasteiger partial charge in [-0.15, -0.1) is 0 Å². The smallest absolute Gasteiger partial charge is 0.234 e. The lowest BCUT2D eigenvalue weighted by Gasteiger charge is -2.12. The van der Waals surface area contributed by atoms with E-state index in [1.54, 1.807) is 14.2 Å². The SMILES string of the molecule is COc1ccc(CNC(=O)CNCC2CCCO2)cc1OC. The normalized spacial score (nSPS) is 17.3. The van der Waals surface area contributed by atoms with E-state index < -0.39 is 0 Å². The molecule has 1 aliphatic rings. The van der Waals surface area contributed by atoms with Gasteiger partial charge in [-0.1, -0.05) is 6.07 Å². The van der Waals surface area contributed by atoms with E-state index in [2.05, 4.69) is 10.6 Å². The first kappa shape index (κ1) is 16.6. The summed E-state index contributed by atoms with van der Waals surface area (Å²) in [6, 6.07) is 5.59. The summed E-state index contributed by atoms with van der Waals surface area (Å²) in [5.74, 6) is 1.30. The van der Waals surface area contributed by atoms with Gasteiger partial charge in [0.2, 0.25) is 5.91 Å². The second-order valence-electron chi connectivity index (χ2n) is 5.23. The van der Waals surface area contributed by atoms with Gasteiger partial charge in [-0.25, -0.2) is 0 Å². The van der Waals surface area contributed by atoms with E-state index in [0.29, 0.717) is 24.6 Å². The van der Waals surface area contributed by atoms with Crippen molar-refractivity contribution in [3.8, 4) is 11.5 Å². The topological polar surface area (TPSA) is 68.8 Å². The maximum absolute atomic E-state index is 11.8. The second kappa shape index (κ2) is 8.60. The summed E-state index contributed by atoms with van der Waals surface area (Å²) in [6.07, 6.45) is 2.43. The highest BCUT2D eigenvalue weighted by molar-refractivity contribution is 5.78. The van der Waals surface area contributed by atoms with Crippen molar-refractivity contribution in [2.45, 2.75) is 25.5 Å². The van der Waals surface area contributed by atoms with Crippen LogP contribution in [0.5, 0.6) is 11.5 Å². The van der Waals surface area contributed by atoms with E-state index in [9.17, 15) is 4.79 Å². The molecule has 0 radical (unpaired) electrons. The minimum atomic E-state index is -0.0345. The van der Waals surface area contributed by atoms with Crippen LogP contribution in [0.15, 0.2) is 18.2 Å². The molecule has 1 aromatic carbocycles. The summed E-state index contributed by atoms with van der Waals surface area (Å²) in [4.78, 5) is 11.8. The third-order valence-corrected chi connectivity index (χ3v) is 3.62. The Morgan fingerprint density at radius 2 is 2.14 bits per heavy atom. The van der Waals surface area contributed by atoms with Crippen LogP contribution in [0, 0.1) is 0 Å². The molecule has 2 rings (SSSR count). The van der Waals surface area contributed by atoms with Gasteiger partial charge in [0, 0.05) is 19.7 Å². The van der Waals surface area contributed by atoms with Crippen LogP contribution in [0.1, 0.15) is 18.4 Å². The Bertz CT molecular complexity index is 487. The Morgan fingerprint density at radius 1 is 1.32 bits per heavy atom. The standard InChI is InChI=1S/C16H24N2O4/c1-20-14-6-5-12(8-15(14)21-2)9-18-16(19)11-17-10-13-4-3-7-22-13/h5-6,8,13,17H,3-4,7,9-11H2,1-2H3,(H,18,19).